The van der Waals surface area contributed by atoms with Crippen molar-refractivity contribution < 1.29 is 94.3 Å². The minimum atomic E-state index is -8.32. The normalized spacial score (nSPS) is 28.2. The first-order chi connectivity index (χ1) is 23.5. The van der Waals surface area contributed by atoms with Crippen LogP contribution in [0.3, 0.4) is 0 Å². The molecule has 302 valence electrons. The van der Waals surface area contributed by atoms with Crippen LogP contribution in [0, 0.1) is 0 Å². The predicted molar refractivity (Wildman–Crippen MR) is 145 cm³/mol. The minimum absolute atomic E-state index is 0.147. The van der Waals surface area contributed by atoms with E-state index in [1.54, 1.807) is 0 Å². The topological polar surface area (TPSA) is 67.4 Å². The van der Waals surface area contributed by atoms with E-state index in [4.69, 9.17) is 28.4 Å². The summed E-state index contributed by atoms with van der Waals surface area (Å²) < 4.78 is 237. The molecule has 3 rings (SSSR count). The predicted octanol–water partition coefficient (Wildman–Crippen LogP) is 7.05. The molecule has 0 aromatic heterocycles. The first-order valence-corrected chi connectivity index (χ1v) is 16.2. The van der Waals surface area contributed by atoms with Crippen LogP contribution in [0.25, 0.3) is 0 Å². The van der Waals surface area contributed by atoms with E-state index in [9.17, 15) is 65.9 Å². The van der Waals surface area contributed by atoms with Gasteiger partial charge in [0.2, 0.25) is 0 Å². The summed E-state index contributed by atoms with van der Waals surface area (Å²) >= 11 is 0. The molecule has 2 aliphatic carbocycles. The molecule has 1 aliphatic heterocycles. The summed E-state index contributed by atoms with van der Waals surface area (Å²) in [6.45, 7) is -3.29. The molecule has 3 aliphatic rings. The number of hydrogen-bond donors (Lipinski definition) is 1. The highest BCUT2D eigenvalue weighted by molar-refractivity contribution is 5.13. The molecule has 51 heavy (non-hydrogen) atoms. The largest absolute Gasteiger partial charge is 0.460 e. The molecule has 1 saturated heterocycles. The third kappa shape index (κ3) is 9.86. The highest BCUT2D eigenvalue weighted by Crippen LogP contribution is 2.62. The third-order valence-electron chi connectivity index (χ3n) is 8.77. The Balaban J connectivity index is 1.64. The van der Waals surface area contributed by atoms with Crippen molar-refractivity contribution in [2.45, 2.75) is 124 Å². The fourth-order valence-electron chi connectivity index (χ4n) is 5.77. The Kier molecular flexibility index (Phi) is 15.1. The summed E-state index contributed by atoms with van der Waals surface area (Å²) in [4.78, 5) is 0. The van der Waals surface area contributed by atoms with Gasteiger partial charge in [0.1, 0.15) is 6.10 Å². The fourth-order valence-corrected chi connectivity index (χ4v) is 5.77. The highest BCUT2D eigenvalue weighted by Gasteiger charge is 2.93. The van der Waals surface area contributed by atoms with Gasteiger partial charge in [-0.3, -0.25) is 0 Å². The molecule has 1 heterocycles. The maximum absolute atomic E-state index is 14.2. The van der Waals surface area contributed by atoms with Crippen LogP contribution in [0.2, 0.25) is 0 Å². The first-order valence-electron chi connectivity index (χ1n) is 16.2. The van der Waals surface area contributed by atoms with Crippen molar-refractivity contribution in [1.82, 2.24) is 5.32 Å². The molecule has 1 N–H and O–H groups in total. The van der Waals surface area contributed by atoms with Crippen LogP contribution in [0.5, 0.6) is 0 Å². The molecule has 0 bridgehead atoms. The average molecular weight is 784 g/mol. The summed E-state index contributed by atoms with van der Waals surface area (Å²) in [5, 5.41) is 1.49. The SMILES string of the molecule is FC(F)(F)C(F)(F)C(F)(F)C(F)(F)C(F)(F)C(F)(F)C(F)(F)CNCCOC1COC2CCCCC2OCCOCCOC2CCCCC2OC1. The van der Waals surface area contributed by atoms with Crippen molar-refractivity contribution in [3.8, 4) is 0 Å². The molecule has 0 radical (unpaired) electrons. The number of alkyl halides is 15. The second kappa shape index (κ2) is 17.4. The molecule has 0 aromatic carbocycles. The van der Waals surface area contributed by atoms with E-state index in [1.165, 1.54) is 5.32 Å². The quantitative estimate of drug-likeness (QED) is 0.178. The molecule has 0 amide bonds. The van der Waals surface area contributed by atoms with Gasteiger partial charge < -0.3 is 33.7 Å². The number of rotatable bonds is 11. The van der Waals surface area contributed by atoms with Gasteiger partial charge in [0, 0.05) is 6.54 Å². The molecule has 0 aromatic rings. The van der Waals surface area contributed by atoms with Gasteiger partial charge in [0.15, 0.2) is 0 Å². The molecule has 4 atom stereocenters. The van der Waals surface area contributed by atoms with Crippen LogP contribution in [0.1, 0.15) is 51.4 Å². The summed E-state index contributed by atoms with van der Waals surface area (Å²) in [5.74, 6) is -46.7. The van der Waals surface area contributed by atoms with Gasteiger partial charge in [-0.25, -0.2) is 0 Å². The van der Waals surface area contributed by atoms with Crippen LogP contribution in [-0.4, -0.2) is 132 Å². The van der Waals surface area contributed by atoms with Crippen LogP contribution in [-0.2, 0) is 28.4 Å². The van der Waals surface area contributed by atoms with E-state index < -0.39 is 67.5 Å². The van der Waals surface area contributed by atoms with E-state index >= 15 is 0 Å². The Hall–Kier alpha value is -1.33. The Morgan fingerprint density at radius 3 is 1.31 bits per heavy atom. The summed E-state index contributed by atoms with van der Waals surface area (Å²) in [5.41, 5.74) is 0. The van der Waals surface area contributed by atoms with Gasteiger partial charge in [-0.1, -0.05) is 25.7 Å². The Labute approximate surface area is 283 Å². The molecule has 22 heteroatoms. The summed E-state index contributed by atoms with van der Waals surface area (Å²) in [6, 6.07) is 0. The van der Waals surface area contributed by atoms with Gasteiger partial charge in [-0.2, -0.15) is 65.9 Å². The van der Waals surface area contributed by atoms with Crippen molar-refractivity contribution in [3.05, 3.63) is 0 Å². The monoisotopic (exact) mass is 783 g/mol. The van der Waals surface area contributed by atoms with Gasteiger partial charge in [0.25, 0.3) is 0 Å². The fraction of sp³-hybridized carbons (Fsp3) is 1.00. The lowest BCUT2D eigenvalue weighted by Gasteiger charge is -2.41. The molecular formula is C29H40F15NO6. The Morgan fingerprint density at radius 2 is 0.882 bits per heavy atom. The molecule has 3 fully saturated rings. The lowest BCUT2D eigenvalue weighted by Crippen LogP contribution is -2.73. The van der Waals surface area contributed by atoms with E-state index in [1.807, 2.05) is 0 Å². The van der Waals surface area contributed by atoms with E-state index in [-0.39, 0.29) is 50.8 Å². The number of ether oxygens (including phenoxy) is 6. The second-order valence-electron chi connectivity index (χ2n) is 12.5. The zero-order chi connectivity index (χ0) is 38.4. The first kappa shape index (κ1) is 44.1. The number of fused-ring (bicyclic) bond motifs is 2. The Morgan fingerprint density at radius 1 is 0.490 bits per heavy atom. The van der Waals surface area contributed by atoms with Gasteiger partial charge in [0.05, 0.1) is 77.2 Å². The van der Waals surface area contributed by atoms with E-state index in [0.29, 0.717) is 38.9 Å². The molecular weight excluding hydrogens is 743 g/mol. The zero-order valence-corrected chi connectivity index (χ0v) is 27.0. The number of nitrogens with one attached hydrogen (secondary N) is 1. The number of halogens is 15. The summed E-state index contributed by atoms with van der Waals surface area (Å²) in [7, 11) is 0. The van der Waals surface area contributed by atoms with Crippen LogP contribution in [0.15, 0.2) is 0 Å². The number of hydrogen-bond acceptors (Lipinski definition) is 7. The smallest absolute Gasteiger partial charge is 0.377 e. The summed E-state index contributed by atoms with van der Waals surface area (Å²) in [6.07, 6.45) is -3.99. The van der Waals surface area contributed by atoms with Crippen molar-refractivity contribution in [3.63, 3.8) is 0 Å². The molecule has 2 saturated carbocycles. The van der Waals surface area contributed by atoms with E-state index in [0.717, 1.165) is 25.7 Å². The lowest BCUT2D eigenvalue weighted by molar-refractivity contribution is -0.451. The lowest BCUT2D eigenvalue weighted by atomic mass is 9.91. The molecule has 7 nitrogen and oxygen atoms in total. The van der Waals surface area contributed by atoms with Crippen molar-refractivity contribution >= 4 is 0 Å². The third-order valence-corrected chi connectivity index (χ3v) is 8.77. The second-order valence-corrected chi connectivity index (χ2v) is 12.5. The zero-order valence-electron chi connectivity index (χ0n) is 27.0. The van der Waals surface area contributed by atoms with Gasteiger partial charge in [-0.05, 0) is 25.7 Å². The van der Waals surface area contributed by atoms with Crippen molar-refractivity contribution in [2.24, 2.45) is 0 Å². The molecule has 4 unspecified atom stereocenters. The average Bonchev–Trinajstić information content (AvgIpc) is 3.04. The minimum Gasteiger partial charge on any atom is -0.377 e. The maximum atomic E-state index is 14.2. The Bertz CT molecular complexity index is 1040. The standard InChI is InChI=1S/C29H40F15NO6/c30-23(31,24(32,33)25(34,35)26(36,37)27(38,39)28(40,41)29(42,43)44)17-45-9-10-47-18-15-50-21-7-3-1-5-19(21)48-13-11-46-12-14-49-20-6-2-4-8-22(20)51-16-18/h18-22,45H,1-17H2. The van der Waals surface area contributed by atoms with E-state index in [2.05, 4.69) is 0 Å². The van der Waals surface area contributed by atoms with Gasteiger partial charge >= 0.3 is 41.7 Å². The highest BCUT2D eigenvalue weighted by atomic mass is 19.4. The van der Waals surface area contributed by atoms with Crippen LogP contribution in [0.4, 0.5) is 65.9 Å². The van der Waals surface area contributed by atoms with Crippen LogP contribution < -0.4 is 5.32 Å². The van der Waals surface area contributed by atoms with Crippen molar-refractivity contribution in [2.75, 3.05) is 59.3 Å². The van der Waals surface area contributed by atoms with Gasteiger partial charge in [-0.15, -0.1) is 0 Å². The molecule has 0 spiro atoms. The van der Waals surface area contributed by atoms with Crippen LogP contribution >= 0.6 is 0 Å². The maximum Gasteiger partial charge on any atom is 0.460 e. The van der Waals surface area contributed by atoms with Crippen molar-refractivity contribution in [1.29, 1.82) is 0 Å².